The number of piperazine rings is 1. The average Bonchev–Trinajstić information content (AvgIpc) is 2.43. The van der Waals surface area contributed by atoms with Crippen LogP contribution in [0.3, 0.4) is 0 Å². The lowest BCUT2D eigenvalue weighted by atomic mass is 9.94. The molecule has 0 radical (unpaired) electrons. The van der Waals surface area contributed by atoms with Crippen molar-refractivity contribution >= 4 is 0 Å². The Balaban J connectivity index is 1.44. The standard InChI is InChI=1S/C15H32N4/c1-17-8-4-15(5-9-17)3-6-16-7-10-19-13-11-18(2)12-14-19/h15-16H,3-14H2,1-2H3. The molecule has 1 N–H and O–H groups in total. The molecule has 0 aromatic carbocycles. The molecule has 0 aromatic rings. The molecule has 0 spiro atoms. The first-order valence-electron chi connectivity index (χ1n) is 8.04. The summed E-state index contributed by atoms with van der Waals surface area (Å²) >= 11 is 0. The van der Waals surface area contributed by atoms with Gasteiger partial charge in [0.2, 0.25) is 0 Å². The molecule has 112 valence electrons. The van der Waals surface area contributed by atoms with Gasteiger partial charge in [-0.2, -0.15) is 0 Å². The molecular formula is C15H32N4. The van der Waals surface area contributed by atoms with Crippen molar-refractivity contribution in [1.29, 1.82) is 0 Å². The van der Waals surface area contributed by atoms with E-state index in [0.717, 1.165) is 12.5 Å². The van der Waals surface area contributed by atoms with Crippen LogP contribution in [0.4, 0.5) is 0 Å². The summed E-state index contributed by atoms with van der Waals surface area (Å²) in [6.45, 7) is 11.1. The first-order chi connectivity index (χ1) is 9.24. The largest absolute Gasteiger partial charge is 0.315 e. The fourth-order valence-electron chi connectivity index (χ4n) is 3.09. The van der Waals surface area contributed by atoms with E-state index in [-0.39, 0.29) is 0 Å². The maximum absolute atomic E-state index is 3.63. The second-order valence-corrected chi connectivity index (χ2v) is 6.43. The van der Waals surface area contributed by atoms with Gasteiger partial charge in [-0.3, -0.25) is 4.90 Å². The van der Waals surface area contributed by atoms with Gasteiger partial charge in [0.1, 0.15) is 0 Å². The van der Waals surface area contributed by atoms with Gasteiger partial charge in [0, 0.05) is 39.3 Å². The van der Waals surface area contributed by atoms with Gasteiger partial charge in [0.05, 0.1) is 0 Å². The quantitative estimate of drug-likeness (QED) is 0.710. The fraction of sp³-hybridized carbons (Fsp3) is 1.00. The first-order valence-corrected chi connectivity index (χ1v) is 8.04. The Morgan fingerprint density at radius 1 is 0.842 bits per heavy atom. The van der Waals surface area contributed by atoms with Gasteiger partial charge in [0.25, 0.3) is 0 Å². The van der Waals surface area contributed by atoms with Crippen molar-refractivity contribution in [3.05, 3.63) is 0 Å². The Morgan fingerprint density at radius 2 is 1.47 bits per heavy atom. The van der Waals surface area contributed by atoms with Gasteiger partial charge in [-0.15, -0.1) is 0 Å². The summed E-state index contributed by atoms with van der Waals surface area (Å²) in [7, 11) is 4.46. The highest BCUT2D eigenvalue weighted by atomic mass is 15.2. The van der Waals surface area contributed by atoms with Gasteiger partial charge in [-0.25, -0.2) is 0 Å². The third-order valence-electron chi connectivity index (χ3n) is 4.77. The summed E-state index contributed by atoms with van der Waals surface area (Å²) in [6.07, 6.45) is 4.17. The van der Waals surface area contributed by atoms with Gasteiger partial charge in [-0.05, 0) is 58.9 Å². The molecule has 0 unspecified atom stereocenters. The van der Waals surface area contributed by atoms with Crippen LogP contribution in [0.1, 0.15) is 19.3 Å². The molecule has 4 heteroatoms. The molecule has 2 saturated heterocycles. The van der Waals surface area contributed by atoms with Crippen molar-refractivity contribution in [2.75, 3.05) is 73.0 Å². The number of rotatable bonds is 6. The van der Waals surface area contributed by atoms with Crippen LogP contribution >= 0.6 is 0 Å². The number of likely N-dealkylation sites (tertiary alicyclic amines) is 1. The second-order valence-electron chi connectivity index (χ2n) is 6.43. The summed E-state index contributed by atoms with van der Waals surface area (Å²) in [6, 6.07) is 0. The van der Waals surface area contributed by atoms with Crippen molar-refractivity contribution < 1.29 is 0 Å². The third-order valence-corrected chi connectivity index (χ3v) is 4.77. The molecule has 0 aromatic heterocycles. The number of nitrogens with one attached hydrogen (secondary N) is 1. The lowest BCUT2D eigenvalue weighted by Gasteiger charge is -2.32. The van der Waals surface area contributed by atoms with E-state index in [9.17, 15) is 0 Å². The van der Waals surface area contributed by atoms with E-state index in [1.807, 2.05) is 0 Å². The molecule has 0 atom stereocenters. The maximum atomic E-state index is 3.63. The zero-order chi connectivity index (χ0) is 13.5. The normalized spacial score (nSPS) is 24.9. The van der Waals surface area contributed by atoms with Crippen molar-refractivity contribution in [3.63, 3.8) is 0 Å². The lowest BCUT2D eigenvalue weighted by molar-refractivity contribution is 0.154. The Hall–Kier alpha value is -0.160. The highest BCUT2D eigenvalue weighted by Crippen LogP contribution is 2.18. The van der Waals surface area contributed by atoms with Gasteiger partial charge in [0.15, 0.2) is 0 Å². The molecule has 0 amide bonds. The number of piperidine rings is 1. The monoisotopic (exact) mass is 268 g/mol. The summed E-state index contributed by atoms with van der Waals surface area (Å²) < 4.78 is 0. The zero-order valence-electron chi connectivity index (χ0n) is 12.9. The van der Waals surface area contributed by atoms with Crippen LogP contribution in [0.2, 0.25) is 0 Å². The second kappa shape index (κ2) is 8.20. The van der Waals surface area contributed by atoms with Gasteiger partial charge in [-0.1, -0.05) is 0 Å². The van der Waals surface area contributed by atoms with E-state index in [0.29, 0.717) is 0 Å². The van der Waals surface area contributed by atoms with E-state index in [4.69, 9.17) is 0 Å². The Labute approximate surface area is 119 Å². The highest BCUT2D eigenvalue weighted by molar-refractivity contribution is 4.72. The van der Waals surface area contributed by atoms with Crippen molar-refractivity contribution in [2.24, 2.45) is 5.92 Å². The summed E-state index contributed by atoms with van der Waals surface area (Å²) in [5.41, 5.74) is 0. The highest BCUT2D eigenvalue weighted by Gasteiger charge is 2.16. The molecule has 2 aliphatic rings. The van der Waals surface area contributed by atoms with E-state index < -0.39 is 0 Å². The molecular weight excluding hydrogens is 236 g/mol. The molecule has 2 heterocycles. The summed E-state index contributed by atoms with van der Waals surface area (Å²) in [4.78, 5) is 7.46. The van der Waals surface area contributed by atoms with Crippen LogP contribution in [-0.2, 0) is 0 Å². The Bertz CT molecular complexity index is 206. The average molecular weight is 268 g/mol. The summed E-state index contributed by atoms with van der Waals surface area (Å²) in [5.74, 6) is 0.965. The number of nitrogens with zero attached hydrogens (tertiary/aromatic N) is 3. The van der Waals surface area contributed by atoms with Crippen LogP contribution in [-0.4, -0.2) is 87.7 Å². The molecule has 19 heavy (non-hydrogen) atoms. The minimum Gasteiger partial charge on any atom is -0.315 e. The molecule has 2 rings (SSSR count). The van der Waals surface area contributed by atoms with Crippen molar-refractivity contribution in [2.45, 2.75) is 19.3 Å². The Kier molecular flexibility index (Phi) is 6.57. The third kappa shape index (κ3) is 5.78. The molecule has 4 nitrogen and oxygen atoms in total. The minimum atomic E-state index is 0.965. The van der Waals surface area contributed by atoms with E-state index in [1.165, 1.54) is 71.6 Å². The zero-order valence-corrected chi connectivity index (χ0v) is 12.9. The topological polar surface area (TPSA) is 21.8 Å². The predicted octanol–water partition coefficient (Wildman–Crippen LogP) is 0.555. The number of hydrogen-bond donors (Lipinski definition) is 1. The smallest absolute Gasteiger partial charge is 0.0110 e. The van der Waals surface area contributed by atoms with Crippen molar-refractivity contribution in [1.82, 2.24) is 20.0 Å². The predicted molar refractivity (Wildman–Crippen MR) is 81.6 cm³/mol. The fourth-order valence-corrected chi connectivity index (χ4v) is 3.09. The lowest BCUT2D eigenvalue weighted by Crippen LogP contribution is -2.46. The summed E-state index contributed by atoms with van der Waals surface area (Å²) in [5, 5.41) is 3.63. The molecule has 2 fully saturated rings. The van der Waals surface area contributed by atoms with E-state index >= 15 is 0 Å². The maximum Gasteiger partial charge on any atom is 0.0110 e. The van der Waals surface area contributed by atoms with Crippen LogP contribution in [0.5, 0.6) is 0 Å². The first kappa shape index (κ1) is 15.2. The molecule has 0 bridgehead atoms. The molecule has 2 aliphatic heterocycles. The number of hydrogen-bond acceptors (Lipinski definition) is 4. The van der Waals surface area contributed by atoms with E-state index in [1.54, 1.807) is 0 Å². The Morgan fingerprint density at radius 3 is 2.16 bits per heavy atom. The van der Waals surface area contributed by atoms with Crippen molar-refractivity contribution in [3.8, 4) is 0 Å². The molecule has 0 aliphatic carbocycles. The molecule has 0 saturated carbocycles. The minimum absolute atomic E-state index is 0.965. The van der Waals surface area contributed by atoms with Gasteiger partial charge < -0.3 is 15.1 Å². The van der Waals surface area contributed by atoms with Crippen LogP contribution in [0, 0.1) is 5.92 Å². The van der Waals surface area contributed by atoms with E-state index in [2.05, 4.69) is 34.1 Å². The SMILES string of the molecule is CN1CCC(CCNCCN2CCN(C)CC2)CC1. The van der Waals surface area contributed by atoms with Crippen LogP contribution in [0.25, 0.3) is 0 Å². The van der Waals surface area contributed by atoms with Crippen LogP contribution < -0.4 is 5.32 Å². The van der Waals surface area contributed by atoms with Crippen LogP contribution in [0.15, 0.2) is 0 Å². The van der Waals surface area contributed by atoms with Gasteiger partial charge >= 0.3 is 0 Å². The number of likely N-dealkylation sites (N-methyl/N-ethyl adjacent to an activating group) is 1.